The first-order valence-electron chi connectivity index (χ1n) is 7.44. The van der Waals surface area contributed by atoms with Gasteiger partial charge in [0, 0.05) is 29.2 Å². The summed E-state index contributed by atoms with van der Waals surface area (Å²) >= 11 is 3.80. The summed E-state index contributed by atoms with van der Waals surface area (Å²) in [6, 6.07) is 10.9. The summed E-state index contributed by atoms with van der Waals surface area (Å²) in [5.41, 5.74) is 2.30. The van der Waals surface area contributed by atoms with Crippen LogP contribution in [0.25, 0.3) is 11.3 Å². The van der Waals surface area contributed by atoms with Crippen LogP contribution in [-0.2, 0) is 6.42 Å². The number of benzene rings is 1. The first-order chi connectivity index (χ1) is 10.2. The second-order valence-electron chi connectivity index (χ2n) is 5.61. The van der Waals surface area contributed by atoms with Crippen LogP contribution < -0.4 is 5.32 Å². The van der Waals surface area contributed by atoms with Gasteiger partial charge in [-0.15, -0.1) is 11.3 Å². The van der Waals surface area contributed by atoms with E-state index in [1.165, 1.54) is 16.3 Å². The molecular formula is C17H24N2S2. The number of likely N-dealkylation sites (N-methyl/N-ethyl adjacent to an activating group) is 1. The molecule has 2 rings (SSSR count). The van der Waals surface area contributed by atoms with Gasteiger partial charge in [0.25, 0.3) is 0 Å². The minimum absolute atomic E-state index is 0.503. The number of aromatic nitrogens is 1. The van der Waals surface area contributed by atoms with E-state index in [9.17, 15) is 0 Å². The van der Waals surface area contributed by atoms with Crippen molar-refractivity contribution in [1.29, 1.82) is 0 Å². The Morgan fingerprint density at radius 2 is 1.95 bits per heavy atom. The van der Waals surface area contributed by atoms with Crippen LogP contribution in [0.2, 0.25) is 0 Å². The first-order valence-corrected chi connectivity index (χ1v) is 9.47. The highest BCUT2D eigenvalue weighted by molar-refractivity contribution is 7.99. The van der Waals surface area contributed by atoms with Crippen molar-refractivity contribution in [2.24, 2.45) is 5.92 Å². The highest BCUT2D eigenvalue weighted by atomic mass is 32.2. The molecule has 0 radical (unpaired) electrons. The van der Waals surface area contributed by atoms with E-state index in [0.29, 0.717) is 6.04 Å². The number of nitrogens with one attached hydrogen (secondary N) is 1. The summed E-state index contributed by atoms with van der Waals surface area (Å²) in [5.74, 6) is 3.14. The third kappa shape index (κ3) is 5.46. The molecule has 0 fully saturated rings. The van der Waals surface area contributed by atoms with Crippen molar-refractivity contribution in [3.8, 4) is 11.3 Å². The van der Waals surface area contributed by atoms with Gasteiger partial charge in [0.2, 0.25) is 0 Å². The molecule has 1 heterocycles. The van der Waals surface area contributed by atoms with Crippen LogP contribution in [0.4, 0.5) is 0 Å². The largest absolute Gasteiger partial charge is 0.316 e. The van der Waals surface area contributed by atoms with Crippen LogP contribution in [-0.4, -0.2) is 29.6 Å². The fourth-order valence-corrected chi connectivity index (χ4v) is 4.11. The highest BCUT2D eigenvalue weighted by Crippen LogP contribution is 2.23. The molecule has 0 aliphatic carbocycles. The van der Waals surface area contributed by atoms with Crippen LogP contribution >= 0.6 is 23.1 Å². The van der Waals surface area contributed by atoms with Crippen molar-refractivity contribution in [2.75, 3.05) is 18.6 Å². The Bertz CT molecular complexity index is 523. The third-order valence-corrected chi connectivity index (χ3v) is 5.63. The lowest BCUT2D eigenvalue weighted by atomic mass is 10.2. The van der Waals surface area contributed by atoms with E-state index in [4.69, 9.17) is 4.98 Å². The average molecular weight is 321 g/mol. The molecule has 0 saturated heterocycles. The summed E-state index contributed by atoms with van der Waals surface area (Å²) in [4.78, 5) is 4.78. The summed E-state index contributed by atoms with van der Waals surface area (Å²) < 4.78 is 0. The van der Waals surface area contributed by atoms with Crippen LogP contribution in [0, 0.1) is 5.92 Å². The van der Waals surface area contributed by atoms with Crippen LogP contribution in [0.1, 0.15) is 18.9 Å². The molecule has 0 aliphatic rings. The van der Waals surface area contributed by atoms with Gasteiger partial charge >= 0.3 is 0 Å². The number of hydrogen-bond donors (Lipinski definition) is 1. The number of hydrogen-bond acceptors (Lipinski definition) is 4. The Kier molecular flexibility index (Phi) is 6.74. The Morgan fingerprint density at radius 3 is 2.62 bits per heavy atom. The lowest BCUT2D eigenvalue weighted by Gasteiger charge is -2.15. The second-order valence-corrected chi connectivity index (χ2v) is 7.63. The van der Waals surface area contributed by atoms with Crippen molar-refractivity contribution in [3.63, 3.8) is 0 Å². The Morgan fingerprint density at radius 1 is 1.19 bits per heavy atom. The monoisotopic (exact) mass is 320 g/mol. The summed E-state index contributed by atoms with van der Waals surface area (Å²) in [6.45, 7) is 4.54. The Labute approximate surface area is 136 Å². The molecule has 1 aromatic heterocycles. The van der Waals surface area contributed by atoms with Gasteiger partial charge in [-0.1, -0.05) is 44.2 Å². The van der Waals surface area contributed by atoms with Crippen LogP contribution in [0.15, 0.2) is 35.7 Å². The van der Waals surface area contributed by atoms with E-state index in [1.54, 1.807) is 11.3 Å². The standard InChI is InChI=1S/C17H24N2S2/c1-13(2)10-20-11-15(18-3)9-17-19-16(12-21-17)14-7-5-4-6-8-14/h4-8,12-13,15,18H,9-11H2,1-3H3. The predicted molar refractivity (Wildman–Crippen MR) is 96.3 cm³/mol. The molecule has 2 aromatic rings. The van der Waals surface area contributed by atoms with Crippen LogP contribution in [0.3, 0.4) is 0 Å². The van der Waals surface area contributed by atoms with Crippen molar-refractivity contribution in [3.05, 3.63) is 40.7 Å². The van der Waals surface area contributed by atoms with E-state index in [1.807, 2.05) is 24.9 Å². The van der Waals surface area contributed by atoms with Gasteiger partial charge in [-0.05, 0) is 18.7 Å². The van der Waals surface area contributed by atoms with Gasteiger partial charge in [0.15, 0.2) is 0 Å². The Balaban J connectivity index is 1.91. The van der Waals surface area contributed by atoms with Crippen molar-refractivity contribution >= 4 is 23.1 Å². The SMILES string of the molecule is CNC(CSCC(C)C)Cc1nc(-c2ccccc2)cs1. The van der Waals surface area contributed by atoms with Gasteiger partial charge in [-0.25, -0.2) is 4.98 Å². The van der Waals surface area contributed by atoms with E-state index in [2.05, 4.69) is 48.8 Å². The summed E-state index contributed by atoms with van der Waals surface area (Å²) in [5, 5.41) is 6.81. The molecule has 1 N–H and O–H groups in total. The van der Waals surface area contributed by atoms with Crippen LogP contribution in [0.5, 0.6) is 0 Å². The molecule has 1 atom stereocenters. The number of nitrogens with zero attached hydrogens (tertiary/aromatic N) is 1. The zero-order valence-electron chi connectivity index (χ0n) is 13.0. The van der Waals surface area contributed by atoms with Gasteiger partial charge in [0.05, 0.1) is 10.7 Å². The minimum atomic E-state index is 0.503. The van der Waals surface area contributed by atoms with Gasteiger partial charge in [-0.2, -0.15) is 11.8 Å². The smallest absolute Gasteiger partial charge is 0.0948 e. The van der Waals surface area contributed by atoms with Gasteiger partial charge < -0.3 is 5.32 Å². The molecular weight excluding hydrogens is 296 g/mol. The predicted octanol–water partition coefficient (Wildman–Crippen LogP) is 4.33. The molecule has 0 bridgehead atoms. The minimum Gasteiger partial charge on any atom is -0.316 e. The number of rotatable bonds is 8. The van der Waals surface area contributed by atoms with E-state index in [-0.39, 0.29) is 0 Å². The average Bonchev–Trinajstić information content (AvgIpc) is 2.95. The molecule has 0 aliphatic heterocycles. The quantitative estimate of drug-likeness (QED) is 0.783. The second kappa shape index (κ2) is 8.57. The molecule has 1 unspecified atom stereocenters. The number of thioether (sulfide) groups is 1. The zero-order valence-corrected chi connectivity index (χ0v) is 14.6. The maximum absolute atomic E-state index is 4.78. The maximum Gasteiger partial charge on any atom is 0.0948 e. The molecule has 114 valence electrons. The van der Waals surface area contributed by atoms with E-state index in [0.717, 1.165) is 23.8 Å². The van der Waals surface area contributed by atoms with E-state index >= 15 is 0 Å². The van der Waals surface area contributed by atoms with Gasteiger partial charge in [-0.3, -0.25) is 0 Å². The fourth-order valence-electron chi connectivity index (χ4n) is 2.05. The molecule has 21 heavy (non-hydrogen) atoms. The van der Waals surface area contributed by atoms with E-state index < -0.39 is 0 Å². The van der Waals surface area contributed by atoms with Crippen molar-refractivity contribution in [1.82, 2.24) is 10.3 Å². The third-order valence-electron chi connectivity index (χ3n) is 3.22. The van der Waals surface area contributed by atoms with Crippen molar-refractivity contribution in [2.45, 2.75) is 26.3 Å². The molecule has 0 spiro atoms. The summed E-state index contributed by atoms with van der Waals surface area (Å²) in [7, 11) is 2.05. The fraction of sp³-hybridized carbons (Fsp3) is 0.471. The Hall–Kier alpha value is -0.840. The highest BCUT2D eigenvalue weighted by Gasteiger charge is 2.11. The lowest BCUT2D eigenvalue weighted by molar-refractivity contribution is 0.614. The zero-order chi connectivity index (χ0) is 15.1. The maximum atomic E-state index is 4.78. The molecule has 0 saturated carbocycles. The molecule has 2 nitrogen and oxygen atoms in total. The molecule has 0 amide bonds. The summed E-state index contributed by atoms with van der Waals surface area (Å²) in [6.07, 6.45) is 1.01. The molecule has 1 aromatic carbocycles. The topological polar surface area (TPSA) is 24.9 Å². The molecule has 4 heteroatoms. The lowest BCUT2D eigenvalue weighted by Crippen LogP contribution is -2.30. The van der Waals surface area contributed by atoms with Crippen molar-refractivity contribution < 1.29 is 0 Å². The number of thiazole rings is 1. The normalized spacial score (nSPS) is 12.8. The first kappa shape index (κ1) is 16.5. The van der Waals surface area contributed by atoms with Gasteiger partial charge in [0.1, 0.15) is 0 Å².